The second-order valence-electron chi connectivity index (χ2n) is 6.59. The third-order valence-corrected chi connectivity index (χ3v) is 5.08. The van der Waals surface area contributed by atoms with E-state index in [0.717, 1.165) is 32.4 Å². The molecule has 1 saturated carbocycles. The highest BCUT2D eigenvalue weighted by Crippen LogP contribution is 2.37. The SMILES string of the molecule is CCC(C)Oc1cc(C(=O)N2CC3CCC(N)C3C2)ccn1.Cl. The van der Waals surface area contributed by atoms with Gasteiger partial charge in [0, 0.05) is 37.0 Å². The molecule has 1 saturated heterocycles. The number of pyridine rings is 1. The van der Waals surface area contributed by atoms with Gasteiger partial charge < -0.3 is 15.4 Å². The summed E-state index contributed by atoms with van der Waals surface area (Å²) >= 11 is 0. The highest BCUT2D eigenvalue weighted by atomic mass is 35.5. The lowest BCUT2D eigenvalue weighted by molar-refractivity contribution is 0.0778. The first-order valence-corrected chi connectivity index (χ1v) is 8.26. The van der Waals surface area contributed by atoms with E-state index >= 15 is 0 Å². The third-order valence-electron chi connectivity index (χ3n) is 5.08. The van der Waals surface area contributed by atoms with E-state index in [4.69, 9.17) is 10.5 Å². The smallest absolute Gasteiger partial charge is 0.254 e. The van der Waals surface area contributed by atoms with Crippen LogP contribution in [0.3, 0.4) is 0 Å². The zero-order valence-corrected chi connectivity index (χ0v) is 14.6. The zero-order chi connectivity index (χ0) is 15.7. The average molecular weight is 340 g/mol. The molecule has 4 unspecified atom stereocenters. The summed E-state index contributed by atoms with van der Waals surface area (Å²) in [4.78, 5) is 18.8. The van der Waals surface area contributed by atoms with E-state index in [1.54, 1.807) is 18.3 Å². The number of rotatable bonds is 4. The maximum Gasteiger partial charge on any atom is 0.254 e. The van der Waals surface area contributed by atoms with E-state index in [1.807, 2.05) is 11.8 Å². The Morgan fingerprint density at radius 3 is 2.96 bits per heavy atom. The van der Waals surface area contributed by atoms with Crippen molar-refractivity contribution in [2.45, 2.75) is 45.3 Å². The number of hydrogen-bond donors (Lipinski definition) is 1. The summed E-state index contributed by atoms with van der Waals surface area (Å²) < 4.78 is 5.71. The van der Waals surface area contributed by atoms with E-state index in [2.05, 4.69) is 11.9 Å². The average Bonchev–Trinajstić information content (AvgIpc) is 3.09. The number of ether oxygens (including phenoxy) is 1. The van der Waals surface area contributed by atoms with Gasteiger partial charge in [0.05, 0.1) is 6.10 Å². The van der Waals surface area contributed by atoms with Crippen molar-refractivity contribution in [2.24, 2.45) is 17.6 Å². The van der Waals surface area contributed by atoms with Crippen molar-refractivity contribution in [3.05, 3.63) is 23.9 Å². The number of nitrogens with two attached hydrogens (primary N) is 1. The summed E-state index contributed by atoms with van der Waals surface area (Å²) in [7, 11) is 0. The van der Waals surface area contributed by atoms with Crippen molar-refractivity contribution in [1.29, 1.82) is 0 Å². The number of nitrogens with zero attached hydrogens (tertiary/aromatic N) is 2. The normalized spacial score (nSPS) is 27.3. The van der Waals surface area contributed by atoms with Crippen LogP contribution < -0.4 is 10.5 Å². The lowest BCUT2D eigenvalue weighted by atomic mass is 9.98. The van der Waals surface area contributed by atoms with Crippen LogP contribution in [0.15, 0.2) is 18.3 Å². The van der Waals surface area contributed by atoms with Crippen LogP contribution in [-0.4, -0.2) is 41.0 Å². The molecule has 0 bridgehead atoms. The predicted molar refractivity (Wildman–Crippen MR) is 92.0 cm³/mol. The molecule has 4 atom stereocenters. The highest BCUT2D eigenvalue weighted by molar-refractivity contribution is 5.94. The van der Waals surface area contributed by atoms with Crippen LogP contribution in [0.1, 0.15) is 43.5 Å². The van der Waals surface area contributed by atoms with Gasteiger partial charge in [-0.25, -0.2) is 4.98 Å². The maximum absolute atomic E-state index is 12.7. The van der Waals surface area contributed by atoms with Crippen molar-refractivity contribution in [1.82, 2.24) is 9.88 Å². The number of amides is 1. The van der Waals surface area contributed by atoms with Crippen LogP contribution in [0.25, 0.3) is 0 Å². The molecule has 0 radical (unpaired) electrons. The zero-order valence-electron chi connectivity index (χ0n) is 13.8. The molecular weight excluding hydrogens is 314 g/mol. The van der Waals surface area contributed by atoms with E-state index in [1.165, 1.54) is 0 Å². The molecule has 1 amide bonds. The molecule has 23 heavy (non-hydrogen) atoms. The Hall–Kier alpha value is -1.33. The van der Waals surface area contributed by atoms with Crippen molar-refractivity contribution in [3.8, 4) is 5.88 Å². The Morgan fingerprint density at radius 1 is 1.48 bits per heavy atom. The number of aromatic nitrogens is 1. The monoisotopic (exact) mass is 339 g/mol. The maximum atomic E-state index is 12.7. The summed E-state index contributed by atoms with van der Waals surface area (Å²) in [6.45, 7) is 5.68. The largest absolute Gasteiger partial charge is 0.475 e. The number of likely N-dealkylation sites (tertiary alicyclic amines) is 1. The first-order chi connectivity index (χ1) is 10.6. The number of fused-ring (bicyclic) bond motifs is 1. The molecule has 1 aliphatic carbocycles. The first kappa shape index (κ1) is 18.0. The van der Waals surface area contributed by atoms with Gasteiger partial charge in [-0.1, -0.05) is 6.92 Å². The molecule has 1 aromatic heterocycles. The summed E-state index contributed by atoms with van der Waals surface area (Å²) in [5.41, 5.74) is 6.80. The molecule has 0 spiro atoms. The Bertz CT molecular complexity index is 554. The van der Waals surface area contributed by atoms with Gasteiger partial charge in [-0.3, -0.25) is 4.79 Å². The van der Waals surface area contributed by atoms with Gasteiger partial charge in [-0.15, -0.1) is 12.4 Å². The van der Waals surface area contributed by atoms with Gasteiger partial charge >= 0.3 is 0 Å². The second kappa shape index (κ2) is 7.49. The Morgan fingerprint density at radius 2 is 2.26 bits per heavy atom. The lowest BCUT2D eigenvalue weighted by Crippen LogP contribution is -2.33. The van der Waals surface area contributed by atoms with Crippen molar-refractivity contribution in [2.75, 3.05) is 13.1 Å². The minimum Gasteiger partial charge on any atom is -0.475 e. The van der Waals surface area contributed by atoms with E-state index < -0.39 is 0 Å². The summed E-state index contributed by atoms with van der Waals surface area (Å²) in [5.74, 6) is 1.65. The molecular formula is C17H26ClN3O2. The summed E-state index contributed by atoms with van der Waals surface area (Å²) in [5, 5.41) is 0. The molecule has 6 heteroatoms. The molecule has 128 valence electrons. The topological polar surface area (TPSA) is 68.5 Å². The van der Waals surface area contributed by atoms with E-state index in [0.29, 0.717) is 23.3 Å². The number of hydrogen-bond acceptors (Lipinski definition) is 4. The lowest BCUT2D eigenvalue weighted by Gasteiger charge is -2.19. The van der Waals surface area contributed by atoms with Crippen LogP contribution in [0.2, 0.25) is 0 Å². The van der Waals surface area contributed by atoms with Crippen LogP contribution in [-0.2, 0) is 0 Å². The molecule has 2 fully saturated rings. The molecule has 2 heterocycles. The Kier molecular flexibility index (Phi) is 5.87. The predicted octanol–water partition coefficient (Wildman–Crippen LogP) is 2.49. The van der Waals surface area contributed by atoms with Crippen LogP contribution >= 0.6 is 12.4 Å². The van der Waals surface area contributed by atoms with Crippen molar-refractivity contribution < 1.29 is 9.53 Å². The molecule has 1 aromatic rings. The molecule has 0 aromatic carbocycles. The van der Waals surface area contributed by atoms with E-state index in [-0.39, 0.29) is 30.5 Å². The van der Waals surface area contributed by atoms with Crippen LogP contribution in [0.5, 0.6) is 5.88 Å². The fourth-order valence-electron chi connectivity index (χ4n) is 3.55. The van der Waals surface area contributed by atoms with Gasteiger partial charge in [-0.05, 0) is 44.1 Å². The fourth-order valence-corrected chi connectivity index (χ4v) is 3.55. The summed E-state index contributed by atoms with van der Waals surface area (Å²) in [6.07, 6.45) is 4.90. The molecule has 3 rings (SSSR count). The Balaban J connectivity index is 0.00000192. The number of carbonyl (C=O) groups is 1. The fraction of sp³-hybridized carbons (Fsp3) is 0.647. The molecule has 5 nitrogen and oxygen atoms in total. The second-order valence-corrected chi connectivity index (χ2v) is 6.59. The van der Waals surface area contributed by atoms with Gasteiger partial charge in [0.15, 0.2) is 0 Å². The minimum absolute atomic E-state index is 0. The molecule has 2 N–H and O–H groups in total. The number of halogens is 1. The third kappa shape index (κ3) is 3.78. The molecule has 1 aliphatic heterocycles. The van der Waals surface area contributed by atoms with Gasteiger partial charge in [0.25, 0.3) is 5.91 Å². The van der Waals surface area contributed by atoms with Gasteiger partial charge in [0.2, 0.25) is 5.88 Å². The van der Waals surface area contributed by atoms with Crippen LogP contribution in [0.4, 0.5) is 0 Å². The van der Waals surface area contributed by atoms with Crippen molar-refractivity contribution in [3.63, 3.8) is 0 Å². The minimum atomic E-state index is 0. The molecule has 2 aliphatic rings. The van der Waals surface area contributed by atoms with E-state index in [9.17, 15) is 4.79 Å². The Labute approximate surface area is 144 Å². The summed E-state index contributed by atoms with van der Waals surface area (Å²) in [6, 6.07) is 3.77. The highest BCUT2D eigenvalue weighted by Gasteiger charge is 2.42. The van der Waals surface area contributed by atoms with Crippen molar-refractivity contribution >= 4 is 18.3 Å². The quantitative estimate of drug-likeness (QED) is 0.915. The standard InChI is InChI=1S/C17H25N3O2.ClH/c1-3-11(2)22-16-8-12(6-7-19-16)17(21)20-9-13-4-5-15(18)14(13)10-20;/h6-8,11,13-15H,3-5,9-10,18H2,1-2H3;1H. The van der Waals surface area contributed by atoms with Gasteiger partial charge in [-0.2, -0.15) is 0 Å². The number of carbonyl (C=O) groups excluding carboxylic acids is 1. The van der Waals surface area contributed by atoms with Gasteiger partial charge in [0.1, 0.15) is 0 Å². The first-order valence-electron chi connectivity index (χ1n) is 8.26. The van der Waals surface area contributed by atoms with Crippen LogP contribution in [0, 0.1) is 11.8 Å².